The maximum atomic E-state index is 13.5. The first-order valence-corrected chi connectivity index (χ1v) is 13.8. The van der Waals surface area contributed by atoms with E-state index in [9.17, 15) is 18.0 Å². The summed E-state index contributed by atoms with van der Waals surface area (Å²) in [7, 11) is -3.82. The summed E-state index contributed by atoms with van der Waals surface area (Å²) in [6.45, 7) is 3.73. The Labute approximate surface area is 207 Å². The normalized spacial score (nSPS) is 18.4. The van der Waals surface area contributed by atoms with Crippen LogP contribution in [0.5, 0.6) is 0 Å². The van der Waals surface area contributed by atoms with Gasteiger partial charge in [-0.2, -0.15) is 0 Å². The van der Waals surface area contributed by atoms with Crippen LogP contribution >= 0.6 is 0 Å². The third-order valence-corrected chi connectivity index (χ3v) is 8.76. The van der Waals surface area contributed by atoms with Crippen molar-refractivity contribution in [2.75, 3.05) is 16.2 Å². The van der Waals surface area contributed by atoms with Gasteiger partial charge >= 0.3 is 0 Å². The number of benzene rings is 2. The van der Waals surface area contributed by atoms with Crippen molar-refractivity contribution >= 4 is 33.2 Å². The molecule has 7 nitrogen and oxygen atoms in total. The maximum absolute atomic E-state index is 13.5. The van der Waals surface area contributed by atoms with Crippen molar-refractivity contribution in [2.45, 2.75) is 62.3 Å². The molecule has 35 heavy (non-hydrogen) atoms. The highest BCUT2D eigenvalue weighted by molar-refractivity contribution is 7.92. The molecule has 1 fully saturated rings. The summed E-state index contributed by atoms with van der Waals surface area (Å²) in [5, 5.41) is 5.76. The number of fused-ring (bicyclic) bond motifs is 1. The standard InChI is InChI=1S/C27H33N3O4S/c1-2-26(31)29-24-18-19-30(25-11-7-6-10-23(24)25)35(33,34)22-15-13-21(14-16-22)28-27(32)17-12-20-8-4-3-5-9-20/h2,6-7,10-11,13-16,20,24H,1,3-5,8-9,12,17-19H2,(H,28,32)(H,29,31). The molecule has 1 aliphatic heterocycles. The van der Waals surface area contributed by atoms with E-state index < -0.39 is 10.0 Å². The first-order valence-electron chi connectivity index (χ1n) is 12.3. The van der Waals surface area contributed by atoms with E-state index in [0.717, 1.165) is 12.0 Å². The number of sulfonamides is 1. The molecule has 1 atom stereocenters. The molecule has 0 radical (unpaired) electrons. The van der Waals surface area contributed by atoms with Crippen molar-refractivity contribution in [3.63, 3.8) is 0 Å². The molecule has 2 aliphatic rings. The third kappa shape index (κ3) is 5.93. The summed E-state index contributed by atoms with van der Waals surface area (Å²) in [5.41, 5.74) is 1.89. The average Bonchev–Trinajstić information content (AvgIpc) is 2.88. The molecule has 2 N–H and O–H groups in total. The molecule has 4 rings (SSSR count). The number of hydrogen-bond acceptors (Lipinski definition) is 4. The summed E-state index contributed by atoms with van der Waals surface area (Å²) in [6.07, 6.45) is 9.28. The van der Waals surface area contributed by atoms with Crippen LogP contribution in [0.4, 0.5) is 11.4 Å². The second kappa shape index (κ2) is 11.1. The van der Waals surface area contributed by atoms with E-state index in [1.165, 1.54) is 54.6 Å². The Morgan fingerprint density at radius 1 is 1.00 bits per heavy atom. The quantitative estimate of drug-likeness (QED) is 0.508. The molecule has 2 aromatic rings. The van der Waals surface area contributed by atoms with Crippen LogP contribution in [0, 0.1) is 5.92 Å². The van der Waals surface area contributed by atoms with E-state index in [0.29, 0.717) is 30.1 Å². The molecule has 1 saturated carbocycles. The number of amides is 2. The molecule has 1 aliphatic carbocycles. The van der Waals surface area contributed by atoms with E-state index in [1.54, 1.807) is 24.3 Å². The van der Waals surface area contributed by atoms with Crippen LogP contribution in [0.25, 0.3) is 0 Å². The minimum atomic E-state index is -3.82. The zero-order valence-electron chi connectivity index (χ0n) is 19.9. The summed E-state index contributed by atoms with van der Waals surface area (Å²) in [4.78, 5) is 24.4. The highest BCUT2D eigenvalue weighted by Gasteiger charge is 2.33. The predicted octanol–water partition coefficient (Wildman–Crippen LogP) is 4.93. The first-order chi connectivity index (χ1) is 16.9. The zero-order valence-corrected chi connectivity index (χ0v) is 20.7. The highest BCUT2D eigenvalue weighted by Crippen LogP contribution is 2.37. The van der Waals surface area contributed by atoms with Crippen LogP contribution in [0.2, 0.25) is 0 Å². The van der Waals surface area contributed by atoms with E-state index >= 15 is 0 Å². The SMILES string of the molecule is C=CC(=O)NC1CCN(S(=O)(=O)c2ccc(NC(=O)CCC3CCCCC3)cc2)c2ccccc21. The molecule has 2 amide bonds. The number of anilines is 2. The molecule has 1 heterocycles. The van der Waals surface area contributed by atoms with Crippen LogP contribution in [0.1, 0.15) is 63.0 Å². The van der Waals surface area contributed by atoms with Gasteiger partial charge in [0.05, 0.1) is 16.6 Å². The molecule has 0 aromatic heterocycles. The number of rotatable bonds is 8. The minimum Gasteiger partial charge on any atom is -0.346 e. The van der Waals surface area contributed by atoms with Crippen molar-refractivity contribution in [3.05, 3.63) is 66.7 Å². The number of para-hydroxylation sites is 1. The van der Waals surface area contributed by atoms with Gasteiger partial charge in [0.15, 0.2) is 0 Å². The van der Waals surface area contributed by atoms with E-state index in [1.807, 2.05) is 12.1 Å². The Morgan fingerprint density at radius 2 is 1.71 bits per heavy atom. The van der Waals surface area contributed by atoms with Gasteiger partial charge in [-0.1, -0.05) is 56.9 Å². The molecule has 0 bridgehead atoms. The van der Waals surface area contributed by atoms with Gasteiger partial charge in [0.25, 0.3) is 10.0 Å². The van der Waals surface area contributed by atoms with Crippen molar-refractivity contribution in [3.8, 4) is 0 Å². The zero-order chi connectivity index (χ0) is 24.8. The monoisotopic (exact) mass is 495 g/mol. The van der Waals surface area contributed by atoms with Gasteiger partial charge in [-0.05, 0) is 60.7 Å². The summed E-state index contributed by atoms with van der Waals surface area (Å²) >= 11 is 0. The summed E-state index contributed by atoms with van der Waals surface area (Å²) in [5.74, 6) is 0.306. The molecule has 2 aromatic carbocycles. The second-order valence-electron chi connectivity index (χ2n) is 9.31. The highest BCUT2D eigenvalue weighted by atomic mass is 32.2. The molecule has 1 unspecified atom stereocenters. The number of nitrogens with one attached hydrogen (secondary N) is 2. The summed E-state index contributed by atoms with van der Waals surface area (Å²) in [6, 6.07) is 13.2. The van der Waals surface area contributed by atoms with Gasteiger partial charge in [-0.15, -0.1) is 0 Å². The van der Waals surface area contributed by atoms with Gasteiger partial charge in [0.1, 0.15) is 0 Å². The van der Waals surface area contributed by atoms with Gasteiger partial charge in [0.2, 0.25) is 11.8 Å². The lowest BCUT2D eigenvalue weighted by atomic mass is 9.86. The number of hydrogen-bond donors (Lipinski definition) is 2. The Kier molecular flexibility index (Phi) is 7.90. The fourth-order valence-corrected chi connectivity index (χ4v) is 6.54. The Balaban J connectivity index is 1.43. The van der Waals surface area contributed by atoms with Gasteiger partial charge in [-0.25, -0.2) is 8.42 Å². The smallest absolute Gasteiger partial charge is 0.264 e. The van der Waals surface area contributed by atoms with E-state index in [2.05, 4.69) is 17.2 Å². The van der Waals surface area contributed by atoms with Gasteiger partial charge in [0, 0.05) is 18.7 Å². The lowest BCUT2D eigenvalue weighted by molar-refractivity contribution is -0.117. The topological polar surface area (TPSA) is 95.6 Å². The number of nitrogens with zero attached hydrogens (tertiary/aromatic N) is 1. The molecular weight excluding hydrogens is 462 g/mol. The van der Waals surface area contributed by atoms with E-state index in [-0.39, 0.29) is 29.3 Å². The average molecular weight is 496 g/mol. The fraction of sp³-hybridized carbons (Fsp3) is 0.407. The van der Waals surface area contributed by atoms with Crippen molar-refractivity contribution < 1.29 is 18.0 Å². The first kappa shape index (κ1) is 25.0. The Bertz CT molecular complexity index is 1170. The maximum Gasteiger partial charge on any atom is 0.264 e. The van der Waals surface area contributed by atoms with Crippen molar-refractivity contribution in [2.24, 2.45) is 5.92 Å². The second-order valence-corrected chi connectivity index (χ2v) is 11.2. The van der Waals surface area contributed by atoms with Crippen molar-refractivity contribution in [1.82, 2.24) is 5.32 Å². The van der Waals surface area contributed by atoms with Gasteiger partial charge < -0.3 is 10.6 Å². The van der Waals surface area contributed by atoms with Crippen LogP contribution in [-0.4, -0.2) is 26.8 Å². The number of carbonyl (C=O) groups is 2. The Hall–Kier alpha value is -3.13. The van der Waals surface area contributed by atoms with Crippen LogP contribution in [0.3, 0.4) is 0 Å². The molecule has 0 spiro atoms. The van der Waals surface area contributed by atoms with E-state index in [4.69, 9.17) is 0 Å². The third-order valence-electron chi connectivity index (χ3n) is 6.93. The predicted molar refractivity (Wildman–Crippen MR) is 138 cm³/mol. The molecule has 0 saturated heterocycles. The lowest BCUT2D eigenvalue weighted by Crippen LogP contribution is -2.40. The summed E-state index contributed by atoms with van der Waals surface area (Å²) < 4.78 is 28.3. The largest absolute Gasteiger partial charge is 0.346 e. The Morgan fingerprint density at radius 3 is 2.43 bits per heavy atom. The van der Waals surface area contributed by atoms with Crippen LogP contribution < -0.4 is 14.9 Å². The molecule has 186 valence electrons. The minimum absolute atomic E-state index is 0.0382. The van der Waals surface area contributed by atoms with Gasteiger partial charge in [-0.3, -0.25) is 13.9 Å². The molecule has 8 heteroatoms. The lowest BCUT2D eigenvalue weighted by Gasteiger charge is -2.35. The molecular formula is C27H33N3O4S. The number of carbonyl (C=O) groups excluding carboxylic acids is 2. The van der Waals surface area contributed by atoms with Crippen molar-refractivity contribution in [1.29, 1.82) is 0 Å². The van der Waals surface area contributed by atoms with Crippen LogP contribution in [-0.2, 0) is 19.6 Å². The fourth-order valence-electron chi connectivity index (χ4n) is 5.03. The van der Waals surface area contributed by atoms with Crippen LogP contribution in [0.15, 0.2) is 66.1 Å².